The number of rotatable bonds is 3. The lowest BCUT2D eigenvalue weighted by atomic mass is 10.3. The molecule has 1 heterocycles. The second-order valence-electron chi connectivity index (χ2n) is 4.03. The lowest BCUT2D eigenvalue weighted by Gasteiger charge is -2.11. The number of aromatic nitrogens is 1. The van der Waals surface area contributed by atoms with Gasteiger partial charge in [0, 0.05) is 20.6 Å². The van der Waals surface area contributed by atoms with E-state index < -0.39 is 10.0 Å². The summed E-state index contributed by atoms with van der Waals surface area (Å²) in [5.74, 6) is 0. The summed E-state index contributed by atoms with van der Waals surface area (Å²) in [6, 6.07) is 4.78. The number of hydrogen-bond acceptors (Lipinski definition) is 4. The molecule has 0 amide bonds. The minimum Gasteiger partial charge on any atom is -0.299 e. The summed E-state index contributed by atoms with van der Waals surface area (Å²) in [4.78, 5) is 11.8. The van der Waals surface area contributed by atoms with Gasteiger partial charge in [-0.25, -0.2) is 12.7 Å². The highest BCUT2D eigenvalue weighted by Gasteiger charge is 2.18. The highest BCUT2D eigenvalue weighted by Crippen LogP contribution is 2.22. The Balaban J connectivity index is 2.70. The van der Waals surface area contributed by atoms with Gasteiger partial charge in [0.05, 0.1) is 15.1 Å². The lowest BCUT2D eigenvalue weighted by molar-refractivity contribution is 0.521. The van der Waals surface area contributed by atoms with E-state index in [0.29, 0.717) is 11.2 Å². The van der Waals surface area contributed by atoms with Gasteiger partial charge in [-0.3, -0.25) is 9.36 Å². The zero-order chi connectivity index (χ0) is 13.5. The van der Waals surface area contributed by atoms with Gasteiger partial charge in [0.15, 0.2) is 0 Å². The van der Waals surface area contributed by atoms with E-state index >= 15 is 0 Å². The van der Waals surface area contributed by atoms with E-state index in [1.165, 1.54) is 20.2 Å². The SMILES string of the molecule is CCn1c(=O)sc2cc(S(=O)(=O)N(C)C)ccc21. The smallest absolute Gasteiger partial charge is 0.299 e. The summed E-state index contributed by atoms with van der Waals surface area (Å²) in [6.07, 6.45) is 0. The lowest BCUT2D eigenvalue weighted by Crippen LogP contribution is -2.22. The Labute approximate surface area is 109 Å². The fourth-order valence-corrected chi connectivity index (χ4v) is 3.71. The third-order valence-corrected chi connectivity index (χ3v) is 5.49. The molecule has 5 nitrogen and oxygen atoms in total. The molecule has 0 aliphatic carbocycles. The van der Waals surface area contributed by atoms with Crippen LogP contribution in [0.5, 0.6) is 0 Å². The topological polar surface area (TPSA) is 59.4 Å². The molecule has 2 rings (SSSR count). The highest BCUT2D eigenvalue weighted by molar-refractivity contribution is 7.89. The summed E-state index contributed by atoms with van der Waals surface area (Å²) in [5.41, 5.74) is 0.783. The average molecular weight is 286 g/mol. The number of hydrogen-bond donors (Lipinski definition) is 0. The van der Waals surface area contributed by atoms with Crippen LogP contribution in [0.1, 0.15) is 6.92 Å². The van der Waals surface area contributed by atoms with E-state index in [1.807, 2.05) is 6.92 Å². The van der Waals surface area contributed by atoms with Crippen molar-refractivity contribution in [2.45, 2.75) is 18.4 Å². The quantitative estimate of drug-likeness (QED) is 0.855. The number of aryl methyl sites for hydroxylation is 1. The molecule has 2 aromatic rings. The Bertz CT molecular complexity index is 741. The van der Waals surface area contributed by atoms with Gasteiger partial charge in [-0.1, -0.05) is 11.3 Å². The van der Waals surface area contributed by atoms with E-state index in [1.54, 1.807) is 16.7 Å². The van der Waals surface area contributed by atoms with E-state index in [-0.39, 0.29) is 9.77 Å². The zero-order valence-electron chi connectivity index (χ0n) is 10.4. The van der Waals surface area contributed by atoms with Crippen molar-refractivity contribution in [1.82, 2.24) is 8.87 Å². The molecule has 18 heavy (non-hydrogen) atoms. The fraction of sp³-hybridized carbons (Fsp3) is 0.364. The summed E-state index contributed by atoms with van der Waals surface area (Å²) >= 11 is 1.07. The standard InChI is InChI=1S/C11H14N2O3S2/c1-4-13-9-6-5-8(18(15,16)12(2)3)7-10(9)17-11(13)14/h5-7H,4H2,1-3H3. The first-order chi connectivity index (χ1) is 8.37. The molecule has 0 spiro atoms. The first-order valence-electron chi connectivity index (χ1n) is 5.44. The van der Waals surface area contributed by atoms with Crippen LogP contribution in [0.15, 0.2) is 27.9 Å². The van der Waals surface area contributed by atoms with E-state index in [2.05, 4.69) is 0 Å². The Kier molecular flexibility index (Phi) is 3.31. The van der Waals surface area contributed by atoms with Gasteiger partial charge >= 0.3 is 4.87 Å². The summed E-state index contributed by atoms with van der Waals surface area (Å²) in [6.45, 7) is 2.47. The van der Waals surface area contributed by atoms with Gasteiger partial charge in [-0.05, 0) is 25.1 Å². The normalized spacial score (nSPS) is 12.4. The molecular formula is C11H14N2O3S2. The van der Waals surface area contributed by atoms with Crippen LogP contribution in [0.3, 0.4) is 0 Å². The average Bonchev–Trinajstić information content (AvgIpc) is 2.62. The van der Waals surface area contributed by atoms with Crippen LogP contribution >= 0.6 is 11.3 Å². The number of benzene rings is 1. The van der Waals surface area contributed by atoms with Crippen molar-refractivity contribution in [3.05, 3.63) is 27.9 Å². The maximum atomic E-state index is 12.0. The van der Waals surface area contributed by atoms with Crippen molar-refractivity contribution in [2.24, 2.45) is 0 Å². The molecule has 7 heteroatoms. The minimum absolute atomic E-state index is 0.0631. The molecule has 0 N–H and O–H groups in total. The van der Waals surface area contributed by atoms with Gasteiger partial charge in [0.1, 0.15) is 0 Å². The molecule has 1 aromatic heterocycles. The molecule has 1 aromatic carbocycles. The van der Waals surface area contributed by atoms with Crippen LogP contribution < -0.4 is 4.87 Å². The van der Waals surface area contributed by atoms with Crippen molar-refractivity contribution in [1.29, 1.82) is 0 Å². The molecule has 0 bridgehead atoms. The highest BCUT2D eigenvalue weighted by atomic mass is 32.2. The van der Waals surface area contributed by atoms with Crippen molar-refractivity contribution < 1.29 is 8.42 Å². The molecule has 0 saturated carbocycles. The van der Waals surface area contributed by atoms with E-state index in [0.717, 1.165) is 21.2 Å². The monoisotopic (exact) mass is 286 g/mol. The molecule has 0 saturated heterocycles. The number of nitrogens with zero attached hydrogens (tertiary/aromatic N) is 2. The summed E-state index contributed by atoms with van der Waals surface area (Å²) in [7, 11) is -0.479. The first-order valence-corrected chi connectivity index (χ1v) is 7.69. The van der Waals surface area contributed by atoms with Crippen LogP contribution in [0.2, 0.25) is 0 Å². The minimum atomic E-state index is -3.45. The number of fused-ring (bicyclic) bond motifs is 1. The number of sulfonamides is 1. The third-order valence-electron chi connectivity index (χ3n) is 2.73. The van der Waals surface area contributed by atoms with Crippen LogP contribution in [0, 0.1) is 0 Å². The Morgan fingerprint density at radius 3 is 2.56 bits per heavy atom. The van der Waals surface area contributed by atoms with Crippen molar-refractivity contribution in [3.8, 4) is 0 Å². The zero-order valence-corrected chi connectivity index (χ0v) is 12.0. The van der Waals surface area contributed by atoms with Gasteiger partial charge in [-0.2, -0.15) is 0 Å². The van der Waals surface area contributed by atoms with Crippen LogP contribution in [0.4, 0.5) is 0 Å². The molecule has 0 radical (unpaired) electrons. The maximum absolute atomic E-state index is 12.0. The van der Waals surface area contributed by atoms with Gasteiger partial charge in [-0.15, -0.1) is 0 Å². The second-order valence-corrected chi connectivity index (χ2v) is 7.17. The predicted molar refractivity (Wildman–Crippen MR) is 72.6 cm³/mol. The van der Waals surface area contributed by atoms with Gasteiger partial charge in [0.2, 0.25) is 10.0 Å². The van der Waals surface area contributed by atoms with Crippen LogP contribution in [0.25, 0.3) is 10.2 Å². The molecule has 0 fully saturated rings. The van der Waals surface area contributed by atoms with Crippen LogP contribution in [-0.4, -0.2) is 31.4 Å². The Morgan fingerprint density at radius 1 is 1.33 bits per heavy atom. The second kappa shape index (κ2) is 4.49. The van der Waals surface area contributed by atoms with Gasteiger partial charge < -0.3 is 0 Å². The number of thiazole rings is 1. The molecular weight excluding hydrogens is 272 g/mol. The van der Waals surface area contributed by atoms with Crippen LogP contribution in [-0.2, 0) is 16.6 Å². The van der Waals surface area contributed by atoms with Crippen molar-refractivity contribution in [2.75, 3.05) is 14.1 Å². The molecule has 0 aliphatic heterocycles. The third kappa shape index (κ3) is 1.98. The molecule has 98 valence electrons. The molecule has 0 unspecified atom stereocenters. The molecule has 0 atom stereocenters. The summed E-state index contributed by atoms with van der Waals surface area (Å²) in [5, 5.41) is 0. The van der Waals surface area contributed by atoms with Gasteiger partial charge in [0.25, 0.3) is 0 Å². The molecule has 0 aliphatic rings. The Morgan fingerprint density at radius 2 is 2.00 bits per heavy atom. The maximum Gasteiger partial charge on any atom is 0.308 e. The largest absolute Gasteiger partial charge is 0.308 e. The van der Waals surface area contributed by atoms with Crippen molar-refractivity contribution in [3.63, 3.8) is 0 Å². The van der Waals surface area contributed by atoms with Crippen molar-refractivity contribution >= 4 is 31.6 Å². The first kappa shape index (κ1) is 13.3. The van der Waals surface area contributed by atoms with E-state index in [9.17, 15) is 13.2 Å². The Hall–Kier alpha value is -1.18. The van der Waals surface area contributed by atoms with E-state index in [4.69, 9.17) is 0 Å². The fourth-order valence-electron chi connectivity index (χ4n) is 1.72. The summed E-state index contributed by atoms with van der Waals surface area (Å²) < 4.78 is 27.5. The predicted octanol–water partition coefficient (Wildman–Crippen LogP) is 1.33.